The van der Waals surface area contributed by atoms with E-state index in [1.807, 2.05) is 0 Å². The molecule has 0 unspecified atom stereocenters. The van der Waals surface area contributed by atoms with Crippen LogP contribution >= 0.6 is 0 Å². The Hall–Kier alpha value is -4.13. The topological polar surface area (TPSA) is 104 Å². The summed E-state index contributed by atoms with van der Waals surface area (Å²) in [5.41, 5.74) is 0.607. The second-order valence-corrected chi connectivity index (χ2v) is 6.07. The third-order valence-electron chi connectivity index (χ3n) is 4.32. The first-order valence-electron chi connectivity index (χ1n) is 8.28. The van der Waals surface area contributed by atoms with Gasteiger partial charge < -0.3 is 14.9 Å². The lowest BCUT2D eigenvalue weighted by Crippen LogP contribution is -2.29. The number of nitrogens with zero attached hydrogens (tertiary/aromatic N) is 1. The Bertz CT molecular complexity index is 1120. The summed E-state index contributed by atoms with van der Waals surface area (Å²) >= 11 is 0. The van der Waals surface area contributed by atoms with Crippen molar-refractivity contribution in [3.63, 3.8) is 0 Å². The maximum Gasteiger partial charge on any atom is 0.335 e. The molecule has 0 saturated heterocycles. The van der Waals surface area contributed by atoms with Gasteiger partial charge in [-0.25, -0.2) is 9.69 Å². The number of amides is 2. The fourth-order valence-electron chi connectivity index (χ4n) is 2.96. The van der Waals surface area contributed by atoms with E-state index in [1.165, 1.54) is 48.5 Å². The van der Waals surface area contributed by atoms with Crippen LogP contribution in [0, 0.1) is 0 Å². The second-order valence-electron chi connectivity index (χ2n) is 6.07. The molecule has 4 rings (SSSR count). The number of para-hydroxylation sites is 2. The van der Waals surface area contributed by atoms with E-state index < -0.39 is 17.8 Å². The van der Waals surface area contributed by atoms with Crippen molar-refractivity contribution in [1.82, 2.24) is 0 Å². The predicted octanol–water partition coefficient (Wildman–Crippen LogP) is 3.68. The van der Waals surface area contributed by atoms with Gasteiger partial charge in [-0.3, -0.25) is 9.59 Å². The SMILES string of the molecule is O=C(O)c1ccc(Oc2ccc3c(c2)C(=O)N(c2ccccc2O)C3=O)cc1. The first kappa shape index (κ1) is 17.3. The maximum absolute atomic E-state index is 12.8. The van der Waals surface area contributed by atoms with Gasteiger partial charge in [-0.15, -0.1) is 0 Å². The molecule has 3 aromatic rings. The van der Waals surface area contributed by atoms with Crippen LogP contribution in [0.25, 0.3) is 0 Å². The van der Waals surface area contributed by atoms with Gasteiger partial charge >= 0.3 is 5.97 Å². The molecular formula is C21H13NO6. The second kappa shape index (κ2) is 6.55. The molecule has 3 aromatic carbocycles. The number of fused-ring (bicyclic) bond motifs is 1. The van der Waals surface area contributed by atoms with Crippen molar-refractivity contribution in [2.45, 2.75) is 0 Å². The number of phenolic OH excluding ortho intramolecular Hbond substituents is 1. The maximum atomic E-state index is 12.8. The third kappa shape index (κ3) is 2.84. The van der Waals surface area contributed by atoms with Gasteiger partial charge in [-0.05, 0) is 54.6 Å². The van der Waals surface area contributed by atoms with Crippen LogP contribution in [0.5, 0.6) is 17.2 Å². The Morgan fingerprint density at radius 1 is 0.821 bits per heavy atom. The van der Waals surface area contributed by atoms with Gasteiger partial charge in [0.2, 0.25) is 0 Å². The van der Waals surface area contributed by atoms with Crippen molar-refractivity contribution < 1.29 is 29.3 Å². The lowest BCUT2D eigenvalue weighted by molar-refractivity contribution is 0.0696. The minimum Gasteiger partial charge on any atom is -0.506 e. The summed E-state index contributed by atoms with van der Waals surface area (Å²) in [4.78, 5) is 37.2. The minimum absolute atomic E-state index is 0.112. The molecule has 138 valence electrons. The van der Waals surface area contributed by atoms with E-state index >= 15 is 0 Å². The Balaban J connectivity index is 1.64. The van der Waals surface area contributed by atoms with Crippen molar-refractivity contribution in [2.75, 3.05) is 4.90 Å². The van der Waals surface area contributed by atoms with Crippen LogP contribution in [-0.4, -0.2) is 28.0 Å². The van der Waals surface area contributed by atoms with Crippen molar-refractivity contribution in [3.8, 4) is 17.2 Å². The summed E-state index contributed by atoms with van der Waals surface area (Å²) in [5, 5.41) is 18.9. The number of benzene rings is 3. The lowest BCUT2D eigenvalue weighted by atomic mass is 10.1. The van der Waals surface area contributed by atoms with Gasteiger partial charge in [-0.1, -0.05) is 12.1 Å². The standard InChI is InChI=1S/C21H13NO6/c23-18-4-2-1-3-17(18)22-19(24)15-10-9-14(11-16(15)20(22)25)28-13-7-5-12(6-8-13)21(26)27/h1-11,23H,(H,26,27). The first-order chi connectivity index (χ1) is 13.5. The summed E-state index contributed by atoms with van der Waals surface area (Å²) in [6.07, 6.45) is 0. The van der Waals surface area contributed by atoms with Crippen LogP contribution in [0.1, 0.15) is 31.1 Å². The highest BCUT2D eigenvalue weighted by Crippen LogP contribution is 2.35. The molecular weight excluding hydrogens is 362 g/mol. The Kier molecular flexibility index (Phi) is 4.04. The molecule has 28 heavy (non-hydrogen) atoms. The molecule has 0 radical (unpaired) electrons. The largest absolute Gasteiger partial charge is 0.506 e. The molecule has 1 aliphatic rings. The lowest BCUT2D eigenvalue weighted by Gasteiger charge is -2.14. The number of carboxylic acid groups (broad SMARTS) is 1. The number of carbonyl (C=O) groups excluding carboxylic acids is 2. The number of anilines is 1. The molecule has 0 atom stereocenters. The van der Waals surface area contributed by atoms with E-state index in [1.54, 1.807) is 18.2 Å². The van der Waals surface area contributed by atoms with E-state index in [2.05, 4.69) is 0 Å². The number of ether oxygens (including phenoxy) is 1. The molecule has 7 nitrogen and oxygen atoms in total. The Morgan fingerprint density at radius 2 is 1.46 bits per heavy atom. The highest BCUT2D eigenvalue weighted by Gasteiger charge is 2.38. The van der Waals surface area contributed by atoms with Crippen molar-refractivity contribution in [3.05, 3.63) is 83.4 Å². The fraction of sp³-hybridized carbons (Fsp3) is 0. The molecule has 7 heteroatoms. The van der Waals surface area contributed by atoms with Gasteiger partial charge in [0.15, 0.2) is 0 Å². The zero-order valence-electron chi connectivity index (χ0n) is 14.3. The minimum atomic E-state index is -1.04. The van der Waals surface area contributed by atoms with E-state index in [0.717, 1.165) is 4.90 Å². The highest BCUT2D eigenvalue weighted by atomic mass is 16.5. The van der Waals surface area contributed by atoms with Crippen molar-refractivity contribution in [2.24, 2.45) is 0 Å². The average molecular weight is 375 g/mol. The van der Waals surface area contributed by atoms with E-state index in [9.17, 15) is 19.5 Å². The van der Waals surface area contributed by atoms with Gasteiger partial charge in [0.05, 0.1) is 22.4 Å². The molecule has 0 aromatic heterocycles. The van der Waals surface area contributed by atoms with Crippen molar-refractivity contribution >= 4 is 23.5 Å². The summed E-state index contributed by atoms with van der Waals surface area (Å²) in [6.45, 7) is 0. The summed E-state index contributed by atoms with van der Waals surface area (Å²) in [6, 6.07) is 16.4. The Morgan fingerprint density at radius 3 is 2.14 bits per heavy atom. The normalized spacial score (nSPS) is 12.8. The van der Waals surface area contributed by atoms with E-state index in [0.29, 0.717) is 11.5 Å². The highest BCUT2D eigenvalue weighted by molar-refractivity contribution is 6.34. The first-order valence-corrected chi connectivity index (χ1v) is 8.28. The van der Waals surface area contributed by atoms with Crippen LogP contribution in [0.4, 0.5) is 5.69 Å². The zero-order chi connectivity index (χ0) is 19.8. The average Bonchev–Trinajstić information content (AvgIpc) is 2.93. The number of phenols is 1. The summed E-state index contributed by atoms with van der Waals surface area (Å²) < 4.78 is 5.66. The fourth-order valence-corrected chi connectivity index (χ4v) is 2.96. The van der Waals surface area contributed by atoms with Gasteiger partial charge in [0, 0.05) is 0 Å². The Labute approximate surface area is 159 Å². The molecule has 0 bridgehead atoms. The van der Waals surface area contributed by atoms with Crippen LogP contribution in [0.2, 0.25) is 0 Å². The van der Waals surface area contributed by atoms with Crippen LogP contribution in [-0.2, 0) is 0 Å². The number of carbonyl (C=O) groups is 3. The molecule has 0 fully saturated rings. The third-order valence-corrected chi connectivity index (χ3v) is 4.32. The van der Waals surface area contributed by atoms with Gasteiger partial charge in [0.1, 0.15) is 17.2 Å². The number of imide groups is 1. The molecule has 0 spiro atoms. The number of hydrogen-bond donors (Lipinski definition) is 2. The van der Waals surface area contributed by atoms with E-state index in [4.69, 9.17) is 9.84 Å². The molecule has 2 amide bonds. The summed E-state index contributed by atoms with van der Waals surface area (Å²) in [5.74, 6) is -1.60. The zero-order valence-corrected chi connectivity index (χ0v) is 14.3. The number of carboxylic acids is 1. The predicted molar refractivity (Wildman–Crippen MR) is 99.2 cm³/mol. The van der Waals surface area contributed by atoms with Gasteiger partial charge in [-0.2, -0.15) is 0 Å². The van der Waals surface area contributed by atoms with Gasteiger partial charge in [0.25, 0.3) is 11.8 Å². The molecule has 0 saturated carbocycles. The number of hydrogen-bond acceptors (Lipinski definition) is 5. The molecule has 0 aliphatic carbocycles. The summed E-state index contributed by atoms with van der Waals surface area (Å²) in [7, 11) is 0. The number of aromatic carboxylic acids is 1. The van der Waals surface area contributed by atoms with Crippen molar-refractivity contribution in [1.29, 1.82) is 0 Å². The smallest absolute Gasteiger partial charge is 0.335 e. The molecule has 2 N–H and O–H groups in total. The van der Waals surface area contributed by atoms with Crippen LogP contribution in [0.15, 0.2) is 66.7 Å². The number of aromatic hydroxyl groups is 1. The quantitative estimate of drug-likeness (QED) is 0.674. The molecule has 1 heterocycles. The van der Waals surface area contributed by atoms with Crippen LogP contribution in [0.3, 0.4) is 0 Å². The van der Waals surface area contributed by atoms with E-state index in [-0.39, 0.29) is 28.1 Å². The monoisotopic (exact) mass is 375 g/mol. The number of rotatable bonds is 4. The molecule has 1 aliphatic heterocycles. The van der Waals surface area contributed by atoms with Crippen LogP contribution < -0.4 is 9.64 Å².